The van der Waals surface area contributed by atoms with E-state index >= 15 is 0 Å². The van der Waals surface area contributed by atoms with Crippen LogP contribution in [0.3, 0.4) is 0 Å². The fourth-order valence-corrected chi connectivity index (χ4v) is 6.43. The number of carbonyl (C=O) groups excluding carboxylic acids is 1. The summed E-state index contributed by atoms with van der Waals surface area (Å²) < 4.78 is 120. The highest BCUT2D eigenvalue weighted by Crippen LogP contribution is 2.40. The number of urea groups is 1. The van der Waals surface area contributed by atoms with Gasteiger partial charge >= 0.3 is 18.4 Å². The number of aryl methyl sites for hydroxylation is 1. The largest absolute Gasteiger partial charge is 0.416 e. The second kappa shape index (κ2) is 11.6. The van der Waals surface area contributed by atoms with Crippen molar-refractivity contribution in [1.29, 1.82) is 0 Å². The highest BCUT2D eigenvalue weighted by Gasteiger charge is 2.41. The number of alkyl halides is 6. The lowest BCUT2D eigenvalue weighted by molar-refractivity contribution is -0.143. The molecule has 2 aromatic carbocycles. The monoisotopic (exact) mass is 598 g/mol. The number of hydrogen-bond donors (Lipinski definition) is 1. The molecule has 222 valence electrons. The third-order valence-electron chi connectivity index (χ3n) is 7.25. The molecule has 2 amide bonds. The minimum Gasteiger partial charge on any atom is -0.395 e. The van der Waals surface area contributed by atoms with Gasteiger partial charge in [0.2, 0.25) is 0 Å². The first-order valence-electron chi connectivity index (χ1n) is 12.3. The van der Waals surface area contributed by atoms with Crippen LogP contribution in [0.4, 0.5) is 35.5 Å². The quantitative estimate of drug-likeness (QED) is 0.421. The molecule has 40 heavy (non-hydrogen) atoms. The van der Waals surface area contributed by atoms with Crippen LogP contribution in [0, 0.1) is 12.7 Å². The molecule has 0 aromatic heterocycles. The molecule has 6 nitrogen and oxygen atoms in total. The van der Waals surface area contributed by atoms with E-state index in [9.17, 15) is 49.1 Å². The normalized spacial score (nSPS) is 19.4. The number of aliphatic hydroxyl groups excluding tert-OH is 1. The van der Waals surface area contributed by atoms with Gasteiger partial charge in [0, 0.05) is 13.6 Å². The first kappa shape index (κ1) is 31.7. The van der Waals surface area contributed by atoms with Crippen LogP contribution in [-0.4, -0.2) is 60.6 Å². The third-order valence-corrected chi connectivity index (χ3v) is 9.45. The summed E-state index contributed by atoms with van der Waals surface area (Å²) in [6.07, 6.45) is -10.2. The molecule has 14 heteroatoms. The molecule has 0 radical (unpaired) electrons. The average Bonchev–Trinajstić information content (AvgIpc) is 2.85. The topological polar surface area (TPSA) is 77.9 Å². The van der Waals surface area contributed by atoms with E-state index in [-0.39, 0.29) is 25.5 Å². The van der Waals surface area contributed by atoms with Crippen molar-refractivity contribution in [3.8, 4) is 0 Å². The zero-order valence-electron chi connectivity index (χ0n) is 21.9. The van der Waals surface area contributed by atoms with Gasteiger partial charge in [-0.1, -0.05) is 6.07 Å². The second-order valence-electron chi connectivity index (χ2n) is 9.86. The van der Waals surface area contributed by atoms with Crippen LogP contribution in [0.25, 0.3) is 0 Å². The van der Waals surface area contributed by atoms with Crippen molar-refractivity contribution < 1.29 is 49.1 Å². The van der Waals surface area contributed by atoms with Gasteiger partial charge in [0.05, 0.1) is 40.8 Å². The zero-order chi connectivity index (χ0) is 30.2. The van der Waals surface area contributed by atoms with Crippen molar-refractivity contribution in [2.45, 2.75) is 56.4 Å². The van der Waals surface area contributed by atoms with Crippen molar-refractivity contribution in [3.63, 3.8) is 0 Å². The summed E-state index contributed by atoms with van der Waals surface area (Å²) in [6, 6.07) is 1.99. The fourth-order valence-electron chi connectivity index (χ4n) is 4.90. The van der Waals surface area contributed by atoms with Gasteiger partial charge < -0.3 is 14.9 Å². The summed E-state index contributed by atoms with van der Waals surface area (Å²) in [5.41, 5.74) is -2.56. The fraction of sp³-hybridized carbons (Fsp3) is 0.500. The maximum Gasteiger partial charge on any atom is 0.416 e. The Morgan fingerprint density at radius 1 is 1.07 bits per heavy atom. The molecular formula is C26H29F7N2O4S. The standard InChI is InChI=1S/C26H29F7N2O4S/c1-15-10-20(27)4-5-22(15)23-14-21(40(38,39)9-8-36)6-7-35(23)24(37)34(3)16(2)17-11-18(25(28,29)30)13-19(12-17)26(31,32)33/h4-5,10-13,16,21,23,36H,6-9,14H2,1-3H3/t16-,21-,23+/m0/s1. The Kier molecular flexibility index (Phi) is 9.14. The van der Waals surface area contributed by atoms with E-state index in [0.717, 1.165) is 11.0 Å². The Hall–Kier alpha value is -2.87. The number of carbonyl (C=O) groups is 1. The number of amides is 2. The van der Waals surface area contributed by atoms with Crippen LogP contribution in [-0.2, 0) is 22.2 Å². The molecule has 1 heterocycles. The summed E-state index contributed by atoms with van der Waals surface area (Å²) in [6.45, 7) is 2.15. The maximum absolute atomic E-state index is 13.8. The first-order valence-corrected chi connectivity index (χ1v) is 14.0. The molecule has 0 bridgehead atoms. The van der Waals surface area contributed by atoms with Gasteiger partial charge in [-0.25, -0.2) is 17.6 Å². The number of benzene rings is 2. The summed E-state index contributed by atoms with van der Waals surface area (Å²) in [5, 5.41) is 8.25. The number of sulfone groups is 1. The van der Waals surface area contributed by atoms with Gasteiger partial charge in [0.1, 0.15) is 5.82 Å². The molecule has 0 unspecified atom stereocenters. The van der Waals surface area contributed by atoms with E-state index in [1.54, 1.807) is 6.92 Å². The van der Waals surface area contributed by atoms with E-state index < -0.39 is 80.4 Å². The molecule has 1 saturated heterocycles. The predicted molar refractivity (Wildman–Crippen MR) is 132 cm³/mol. The summed E-state index contributed by atoms with van der Waals surface area (Å²) >= 11 is 0. The zero-order valence-corrected chi connectivity index (χ0v) is 22.7. The molecule has 1 aliphatic rings. The van der Waals surface area contributed by atoms with Crippen LogP contribution >= 0.6 is 0 Å². The molecule has 0 saturated carbocycles. The highest BCUT2D eigenvalue weighted by atomic mass is 32.2. The van der Waals surface area contributed by atoms with Crippen molar-refractivity contribution >= 4 is 15.9 Å². The van der Waals surface area contributed by atoms with Crippen molar-refractivity contribution in [1.82, 2.24) is 9.80 Å². The number of halogens is 7. The van der Waals surface area contributed by atoms with Gasteiger partial charge in [0.25, 0.3) is 0 Å². The van der Waals surface area contributed by atoms with Gasteiger partial charge in [-0.15, -0.1) is 0 Å². The number of hydrogen-bond acceptors (Lipinski definition) is 4. The van der Waals surface area contributed by atoms with E-state index in [1.165, 1.54) is 31.0 Å². The molecule has 1 fully saturated rings. The van der Waals surface area contributed by atoms with Gasteiger partial charge in [-0.3, -0.25) is 0 Å². The molecule has 0 aliphatic carbocycles. The Balaban J connectivity index is 2.00. The van der Waals surface area contributed by atoms with Crippen LogP contribution in [0.5, 0.6) is 0 Å². The number of likely N-dealkylation sites (tertiary alicyclic amines) is 1. The Morgan fingerprint density at radius 3 is 2.15 bits per heavy atom. The molecule has 2 aromatic rings. The van der Waals surface area contributed by atoms with Crippen LogP contribution < -0.4 is 0 Å². The number of aliphatic hydroxyl groups is 1. The SMILES string of the molecule is Cc1cc(F)ccc1[C@H]1C[C@@H](S(=O)(=O)CCO)CCN1C(=O)N(C)[C@@H](C)c1cc(C(F)(F)F)cc(C(F)(F)F)c1. The van der Waals surface area contributed by atoms with Gasteiger partial charge in [-0.05, 0) is 73.7 Å². The molecule has 0 spiro atoms. The lowest BCUT2D eigenvalue weighted by Gasteiger charge is -2.42. The lowest BCUT2D eigenvalue weighted by Crippen LogP contribution is -2.50. The smallest absolute Gasteiger partial charge is 0.395 e. The lowest BCUT2D eigenvalue weighted by atomic mass is 9.92. The summed E-state index contributed by atoms with van der Waals surface area (Å²) in [4.78, 5) is 15.9. The molecule has 3 atom stereocenters. The third kappa shape index (κ3) is 6.88. The number of nitrogens with zero attached hydrogens (tertiary/aromatic N) is 2. The average molecular weight is 599 g/mol. The summed E-state index contributed by atoms with van der Waals surface area (Å²) in [7, 11) is -2.52. The van der Waals surface area contributed by atoms with Crippen molar-refractivity contribution in [2.24, 2.45) is 0 Å². The highest BCUT2D eigenvalue weighted by molar-refractivity contribution is 7.92. The van der Waals surface area contributed by atoms with Crippen LogP contribution in [0.15, 0.2) is 36.4 Å². The molecular weight excluding hydrogens is 569 g/mol. The molecule has 1 N–H and O–H groups in total. The minimum absolute atomic E-state index is 0.00296. The number of rotatable bonds is 6. The predicted octanol–water partition coefficient (Wildman–Crippen LogP) is 5.90. The van der Waals surface area contributed by atoms with E-state index in [2.05, 4.69) is 0 Å². The summed E-state index contributed by atoms with van der Waals surface area (Å²) in [5.74, 6) is -1.05. The number of piperidine rings is 1. The van der Waals surface area contributed by atoms with Crippen molar-refractivity contribution in [2.75, 3.05) is 26.0 Å². The molecule has 1 aliphatic heterocycles. The Labute approximate surface area is 227 Å². The first-order chi connectivity index (χ1) is 18.4. The van der Waals surface area contributed by atoms with E-state index in [4.69, 9.17) is 0 Å². The van der Waals surface area contributed by atoms with E-state index in [1.807, 2.05) is 0 Å². The van der Waals surface area contributed by atoms with Crippen LogP contribution in [0.2, 0.25) is 0 Å². The maximum atomic E-state index is 13.8. The van der Waals surface area contributed by atoms with Gasteiger partial charge in [0.15, 0.2) is 9.84 Å². The molecule has 3 rings (SSSR count). The second-order valence-corrected chi connectivity index (χ2v) is 12.3. The van der Waals surface area contributed by atoms with E-state index in [0.29, 0.717) is 23.3 Å². The van der Waals surface area contributed by atoms with Gasteiger partial charge in [-0.2, -0.15) is 26.3 Å². The van der Waals surface area contributed by atoms with Crippen LogP contribution in [0.1, 0.15) is 59.7 Å². The Morgan fingerprint density at radius 2 is 1.65 bits per heavy atom. The van der Waals surface area contributed by atoms with Crippen molar-refractivity contribution in [3.05, 3.63) is 70.0 Å². The Bertz CT molecular complexity index is 1310. The minimum atomic E-state index is -5.06.